The van der Waals surface area contributed by atoms with E-state index in [0.717, 1.165) is 10.6 Å². The highest BCUT2D eigenvalue weighted by molar-refractivity contribution is 7.54. The van der Waals surface area contributed by atoms with E-state index < -0.39 is 19.5 Å². The van der Waals surface area contributed by atoms with E-state index in [0.29, 0.717) is 10.6 Å². The van der Waals surface area contributed by atoms with Gasteiger partial charge in [-0.1, -0.05) is 30.3 Å². The molecule has 0 fully saturated rings. The molecule has 0 bridgehead atoms. The molecule has 1 heterocycles. The van der Waals surface area contributed by atoms with Crippen molar-refractivity contribution in [1.29, 1.82) is 0 Å². The number of aryl methyl sites for hydroxylation is 1. The number of aromatic nitrogens is 1. The van der Waals surface area contributed by atoms with Gasteiger partial charge in [-0.25, -0.2) is 4.98 Å². The van der Waals surface area contributed by atoms with Crippen molar-refractivity contribution in [3.8, 4) is 10.6 Å². The fourth-order valence-corrected chi connectivity index (χ4v) is 3.99. The van der Waals surface area contributed by atoms with Crippen molar-refractivity contribution in [2.45, 2.75) is 13.8 Å². The van der Waals surface area contributed by atoms with E-state index in [1.165, 1.54) is 11.3 Å². The van der Waals surface area contributed by atoms with Gasteiger partial charge >= 0.3 is 7.60 Å². The number of hydrogen-bond acceptors (Lipinski definition) is 5. The SMILES string of the molecule is CCOP(=O)(O)CC(=O)c1sc(-c2ccccc2)nc1C. The predicted octanol–water partition coefficient (Wildman–Crippen LogP) is 3.52. The van der Waals surface area contributed by atoms with Gasteiger partial charge in [0.15, 0.2) is 5.78 Å². The Morgan fingerprint density at radius 2 is 2.05 bits per heavy atom. The molecular weight excluding hydrogens is 309 g/mol. The Labute approximate surface area is 127 Å². The van der Waals surface area contributed by atoms with Crippen LogP contribution in [0, 0.1) is 6.92 Å². The van der Waals surface area contributed by atoms with E-state index in [2.05, 4.69) is 4.98 Å². The molecule has 0 radical (unpaired) electrons. The van der Waals surface area contributed by atoms with Crippen LogP contribution in [0.2, 0.25) is 0 Å². The Hall–Kier alpha value is -1.33. The Balaban J connectivity index is 2.24. The lowest BCUT2D eigenvalue weighted by Gasteiger charge is -2.08. The summed E-state index contributed by atoms with van der Waals surface area (Å²) in [7, 11) is -3.87. The maximum absolute atomic E-state index is 12.2. The third kappa shape index (κ3) is 4.08. The maximum atomic E-state index is 12.2. The second-order valence-electron chi connectivity index (χ2n) is 4.44. The number of carbonyl (C=O) groups excluding carboxylic acids is 1. The lowest BCUT2D eigenvalue weighted by molar-refractivity contribution is 0.101. The maximum Gasteiger partial charge on any atom is 0.335 e. The zero-order valence-corrected chi connectivity index (χ0v) is 13.5. The highest BCUT2D eigenvalue weighted by Crippen LogP contribution is 2.43. The largest absolute Gasteiger partial charge is 0.335 e. The molecule has 0 aliphatic carbocycles. The van der Waals surface area contributed by atoms with Crippen molar-refractivity contribution in [2.24, 2.45) is 0 Å². The lowest BCUT2D eigenvalue weighted by Crippen LogP contribution is -2.07. The number of thiazole rings is 1. The quantitative estimate of drug-likeness (QED) is 0.649. The first-order valence-corrected chi connectivity index (χ1v) is 9.03. The van der Waals surface area contributed by atoms with Crippen LogP contribution in [-0.4, -0.2) is 28.4 Å². The van der Waals surface area contributed by atoms with Crippen LogP contribution >= 0.6 is 18.9 Å². The molecule has 0 spiro atoms. The van der Waals surface area contributed by atoms with Gasteiger partial charge in [0.25, 0.3) is 0 Å². The van der Waals surface area contributed by atoms with E-state index in [1.54, 1.807) is 13.8 Å². The van der Waals surface area contributed by atoms with Crippen molar-refractivity contribution in [3.05, 3.63) is 40.9 Å². The van der Waals surface area contributed by atoms with Gasteiger partial charge in [-0.3, -0.25) is 9.36 Å². The van der Waals surface area contributed by atoms with Crippen LogP contribution in [0.25, 0.3) is 10.6 Å². The molecule has 1 N–H and O–H groups in total. The Morgan fingerprint density at radius 1 is 1.38 bits per heavy atom. The minimum absolute atomic E-state index is 0.0952. The van der Waals surface area contributed by atoms with Gasteiger partial charge in [-0.2, -0.15) is 0 Å². The van der Waals surface area contributed by atoms with Crippen molar-refractivity contribution >= 4 is 24.7 Å². The molecule has 0 aliphatic rings. The molecule has 0 saturated carbocycles. The molecule has 2 rings (SSSR count). The van der Waals surface area contributed by atoms with Crippen molar-refractivity contribution in [1.82, 2.24) is 4.98 Å². The normalized spacial score (nSPS) is 13.9. The zero-order chi connectivity index (χ0) is 15.5. The molecular formula is C14H16NO4PS. The molecule has 1 aromatic heterocycles. The van der Waals surface area contributed by atoms with E-state index in [-0.39, 0.29) is 6.61 Å². The summed E-state index contributed by atoms with van der Waals surface area (Å²) in [6.07, 6.45) is -0.516. The first kappa shape index (κ1) is 16.0. The molecule has 1 unspecified atom stereocenters. The minimum atomic E-state index is -3.87. The zero-order valence-electron chi connectivity index (χ0n) is 11.8. The van der Waals surface area contributed by atoms with Crippen LogP contribution < -0.4 is 0 Å². The topological polar surface area (TPSA) is 76.5 Å². The number of benzene rings is 1. The van der Waals surface area contributed by atoms with Crippen LogP contribution in [0.4, 0.5) is 0 Å². The van der Waals surface area contributed by atoms with Gasteiger partial charge in [0, 0.05) is 5.56 Å². The summed E-state index contributed by atoms with van der Waals surface area (Å²) >= 11 is 1.23. The van der Waals surface area contributed by atoms with Crippen molar-refractivity contribution in [2.75, 3.05) is 12.8 Å². The summed E-state index contributed by atoms with van der Waals surface area (Å²) in [4.78, 5) is 26.5. The third-order valence-corrected chi connectivity index (χ3v) is 5.34. The fraction of sp³-hybridized carbons (Fsp3) is 0.286. The molecule has 7 heteroatoms. The highest BCUT2D eigenvalue weighted by atomic mass is 32.1. The Bertz CT molecular complexity index is 684. The number of Topliss-reactive ketones (excluding diaryl/α,β-unsaturated/α-hetero) is 1. The standard InChI is InChI=1S/C14H16NO4PS/c1-3-19-20(17,18)9-12(16)13-10(2)15-14(21-13)11-7-5-4-6-8-11/h4-8H,3,9H2,1-2H3,(H,17,18). The summed E-state index contributed by atoms with van der Waals surface area (Å²) in [5.41, 5.74) is 1.49. The van der Waals surface area contributed by atoms with Crippen molar-refractivity contribution < 1.29 is 18.8 Å². The van der Waals surface area contributed by atoms with E-state index in [9.17, 15) is 14.3 Å². The molecule has 5 nitrogen and oxygen atoms in total. The number of hydrogen-bond donors (Lipinski definition) is 1. The van der Waals surface area contributed by atoms with Crippen LogP contribution in [-0.2, 0) is 9.09 Å². The number of nitrogens with zero attached hydrogens (tertiary/aromatic N) is 1. The molecule has 112 valence electrons. The summed E-state index contributed by atoms with van der Waals surface area (Å²) in [5, 5.41) is 0.723. The van der Waals surface area contributed by atoms with Gasteiger partial charge in [0.2, 0.25) is 0 Å². The van der Waals surface area contributed by atoms with Crippen LogP contribution in [0.1, 0.15) is 22.3 Å². The van der Waals surface area contributed by atoms with Gasteiger partial charge in [-0.05, 0) is 13.8 Å². The average Bonchev–Trinajstić information content (AvgIpc) is 2.81. The Morgan fingerprint density at radius 3 is 2.67 bits per heavy atom. The molecule has 0 aliphatic heterocycles. The van der Waals surface area contributed by atoms with Gasteiger partial charge < -0.3 is 9.42 Å². The monoisotopic (exact) mass is 325 g/mol. The van der Waals surface area contributed by atoms with Crippen LogP contribution in [0.15, 0.2) is 30.3 Å². The molecule has 1 atom stereocenters. The van der Waals surface area contributed by atoms with E-state index in [4.69, 9.17) is 4.52 Å². The summed E-state index contributed by atoms with van der Waals surface area (Å²) in [5.74, 6) is -0.411. The second kappa shape index (κ2) is 6.62. The first-order chi connectivity index (χ1) is 9.93. The summed E-state index contributed by atoms with van der Waals surface area (Å²) in [6.45, 7) is 3.43. The molecule has 1 aromatic carbocycles. The van der Waals surface area contributed by atoms with Gasteiger partial charge in [-0.15, -0.1) is 11.3 Å². The van der Waals surface area contributed by atoms with Crippen molar-refractivity contribution in [3.63, 3.8) is 0 Å². The fourth-order valence-electron chi connectivity index (χ4n) is 1.86. The molecule has 2 aromatic rings. The van der Waals surface area contributed by atoms with E-state index in [1.807, 2.05) is 30.3 Å². The molecule has 0 saturated heterocycles. The smallest absolute Gasteiger partial charge is 0.324 e. The predicted molar refractivity (Wildman–Crippen MR) is 82.9 cm³/mol. The first-order valence-electron chi connectivity index (χ1n) is 6.45. The van der Waals surface area contributed by atoms with Crippen LogP contribution in [0.3, 0.4) is 0 Å². The molecule has 21 heavy (non-hydrogen) atoms. The average molecular weight is 325 g/mol. The second-order valence-corrected chi connectivity index (χ2v) is 7.28. The lowest BCUT2D eigenvalue weighted by atomic mass is 10.2. The highest BCUT2D eigenvalue weighted by Gasteiger charge is 2.27. The van der Waals surface area contributed by atoms with Gasteiger partial charge in [0.1, 0.15) is 11.2 Å². The van der Waals surface area contributed by atoms with Crippen LogP contribution in [0.5, 0.6) is 0 Å². The van der Waals surface area contributed by atoms with E-state index >= 15 is 0 Å². The third-order valence-electron chi connectivity index (χ3n) is 2.74. The van der Waals surface area contributed by atoms with Gasteiger partial charge in [0.05, 0.1) is 17.2 Å². The number of carbonyl (C=O) groups is 1. The minimum Gasteiger partial charge on any atom is -0.324 e. The molecule has 0 amide bonds. The number of rotatable bonds is 6. The summed E-state index contributed by atoms with van der Waals surface area (Å²) in [6, 6.07) is 9.50. The number of ketones is 1. The Kier molecular flexibility index (Phi) is 5.06. The summed E-state index contributed by atoms with van der Waals surface area (Å²) < 4.78 is 16.4.